The fourth-order valence-electron chi connectivity index (χ4n) is 2.42. The molecule has 1 fully saturated rings. The fraction of sp³-hybridized carbons (Fsp3) is 0.917. The van der Waals surface area contributed by atoms with Gasteiger partial charge in [-0.1, -0.05) is 26.7 Å². The highest BCUT2D eigenvalue weighted by Crippen LogP contribution is 2.29. The van der Waals surface area contributed by atoms with Crippen molar-refractivity contribution in [2.45, 2.75) is 52.0 Å². The summed E-state index contributed by atoms with van der Waals surface area (Å²) in [7, 11) is 0. The molecule has 3 N–H and O–H groups in total. The summed E-state index contributed by atoms with van der Waals surface area (Å²) in [5.74, 6) is 1.43. The maximum atomic E-state index is 10.6. The van der Waals surface area contributed by atoms with Crippen molar-refractivity contribution in [2.75, 3.05) is 6.54 Å². The van der Waals surface area contributed by atoms with E-state index in [1.165, 1.54) is 25.7 Å². The van der Waals surface area contributed by atoms with Crippen LogP contribution in [0.15, 0.2) is 0 Å². The molecule has 2 atom stereocenters. The molecule has 3 heteroatoms. The molecule has 1 aliphatic rings. The van der Waals surface area contributed by atoms with E-state index < -0.39 is 0 Å². The van der Waals surface area contributed by atoms with E-state index in [-0.39, 0.29) is 5.91 Å². The van der Waals surface area contributed by atoms with E-state index in [1.54, 1.807) is 0 Å². The molecular formula is C12H24N2O. The zero-order chi connectivity index (χ0) is 11.3. The second-order valence-electron chi connectivity index (χ2n) is 5.04. The van der Waals surface area contributed by atoms with Crippen molar-refractivity contribution < 1.29 is 4.79 Å². The van der Waals surface area contributed by atoms with Crippen LogP contribution in [0.5, 0.6) is 0 Å². The van der Waals surface area contributed by atoms with Gasteiger partial charge in [0.2, 0.25) is 5.91 Å². The molecule has 0 saturated heterocycles. The van der Waals surface area contributed by atoms with Crippen molar-refractivity contribution >= 4 is 5.91 Å². The average Bonchev–Trinajstić information content (AvgIpc) is 2.17. The van der Waals surface area contributed by atoms with Crippen molar-refractivity contribution in [3.63, 3.8) is 0 Å². The van der Waals surface area contributed by atoms with Gasteiger partial charge in [0.15, 0.2) is 0 Å². The summed E-state index contributed by atoms with van der Waals surface area (Å²) in [5, 5.41) is 3.44. The van der Waals surface area contributed by atoms with Gasteiger partial charge in [-0.15, -0.1) is 0 Å². The lowest BCUT2D eigenvalue weighted by Gasteiger charge is -2.32. The molecule has 0 bridgehead atoms. The molecule has 88 valence electrons. The molecule has 1 aliphatic carbocycles. The van der Waals surface area contributed by atoms with Gasteiger partial charge in [-0.05, 0) is 24.7 Å². The number of nitrogens with one attached hydrogen (secondary N) is 1. The van der Waals surface area contributed by atoms with Gasteiger partial charge in [-0.25, -0.2) is 0 Å². The Labute approximate surface area is 92.8 Å². The largest absolute Gasteiger partial charge is 0.370 e. The van der Waals surface area contributed by atoms with E-state index in [9.17, 15) is 4.79 Å². The van der Waals surface area contributed by atoms with Crippen LogP contribution < -0.4 is 11.1 Å². The lowest BCUT2D eigenvalue weighted by molar-refractivity contribution is -0.117. The molecule has 0 aromatic heterocycles. The summed E-state index contributed by atoms with van der Waals surface area (Å²) < 4.78 is 0. The van der Waals surface area contributed by atoms with E-state index >= 15 is 0 Å². The monoisotopic (exact) mass is 212 g/mol. The minimum Gasteiger partial charge on any atom is -0.370 e. The van der Waals surface area contributed by atoms with Gasteiger partial charge in [-0.2, -0.15) is 0 Å². The van der Waals surface area contributed by atoms with E-state index in [0.717, 1.165) is 18.4 Å². The van der Waals surface area contributed by atoms with Crippen LogP contribution in [-0.4, -0.2) is 18.5 Å². The van der Waals surface area contributed by atoms with Crippen molar-refractivity contribution in [2.24, 2.45) is 17.6 Å². The molecule has 2 unspecified atom stereocenters. The molecule has 1 amide bonds. The third-order valence-electron chi connectivity index (χ3n) is 3.46. The predicted octanol–water partition coefficient (Wildman–Crippen LogP) is 1.67. The number of nitrogens with two attached hydrogens (primary N) is 1. The van der Waals surface area contributed by atoms with Gasteiger partial charge < -0.3 is 11.1 Å². The summed E-state index contributed by atoms with van der Waals surface area (Å²) in [6, 6.07) is 0.602. The first kappa shape index (κ1) is 12.5. The SMILES string of the molecule is CC(C)C1CCCC(NCCC(N)=O)C1. The zero-order valence-electron chi connectivity index (χ0n) is 9.96. The standard InChI is InChI=1S/C12H24N2O/c1-9(2)10-4-3-5-11(8-10)14-7-6-12(13)15/h9-11,14H,3-8H2,1-2H3,(H2,13,15). The van der Waals surface area contributed by atoms with Crippen LogP contribution in [0, 0.1) is 11.8 Å². The molecule has 0 aliphatic heterocycles. The summed E-state index contributed by atoms with van der Waals surface area (Å²) in [5.41, 5.74) is 5.10. The molecule has 15 heavy (non-hydrogen) atoms. The van der Waals surface area contributed by atoms with Gasteiger partial charge in [0.05, 0.1) is 0 Å². The quantitative estimate of drug-likeness (QED) is 0.728. The van der Waals surface area contributed by atoms with Crippen molar-refractivity contribution in [1.82, 2.24) is 5.32 Å². The maximum Gasteiger partial charge on any atom is 0.218 e. The maximum absolute atomic E-state index is 10.6. The lowest BCUT2D eigenvalue weighted by atomic mass is 9.79. The van der Waals surface area contributed by atoms with Gasteiger partial charge in [0, 0.05) is 19.0 Å². The second-order valence-corrected chi connectivity index (χ2v) is 5.04. The molecule has 1 saturated carbocycles. The summed E-state index contributed by atoms with van der Waals surface area (Å²) in [6.07, 6.45) is 5.66. The summed E-state index contributed by atoms with van der Waals surface area (Å²) >= 11 is 0. The first-order chi connectivity index (χ1) is 7.09. The summed E-state index contributed by atoms with van der Waals surface area (Å²) in [4.78, 5) is 10.6. The van der Waals surface area contributed by atoms with Crippen LogP contribution in [0.3, 0.4) is 0 Å². The number of carbonyl (C=O) groups excluding carboxylic acids is 1. The molecule has 0 aromatic carbocycles. The zero-order valence-corrected chi connectivity index (χ0v) is 9.96. The number of carbonyl (C=O) groups is 1. The minimum absolute atomic E-state index is 0.210. The lowest BCUT2D eigenvalue weighted by Crippen LogP contribution is -2.37. The third-order valence-corrected chi connectivity index (χ3v) is 3.46. The van der Waals surface area contributed by atoms with E-state index in [0.29, 0.717) is 12.5 Å². The van der Waals surface area contributed by atoms with Crippen LogP contribution in [0.2, 0.25) is 0 Å². The topological polar surface area (TPSA) is 55.1 Å². The van der Waals surface area contributed by atoms with Crippen LogP contribution >= 0.6 is 0 Å². The Balaban J connectivity index is 2.21. The number of rotatable bonds is 5. The van der Waals surface area contributed by atoms with E-state index in [1.807, 2.05) is 0 Å². The Bertz CT molecular complexity index is 204. The van der Waals surface area contributed by atoms with E-state index in [2.05, 4.69) is 19.2 Å². The molecule has 3 nitrogen and oxygen atoms in total. The predicted molar refractivity (Wildman–Crippen MR) is 62.4 cm³/mol. The van der Waals surface area contributed by atoms with Gasteiger partial charge in [0.1, 0.15) is 0 Å². The van der Waals surface area contributed by atoms with Crippen molar-refractivity contribution in [1.29, 1.82) is 0 Å². The first-order valence-corrected chi connectivity index (χ1v) is 6.11. The Kier molecular flexibility index (Phi) is 5.09. The van der Waals surface area contributed by atoms with Crippen LogP contribution in [0.25, 0.3) is 0 Å². The Hall–Kier alpha value is -0.570. The Morgan fingerprint density at radius 3 is 2.80 bits per heavy atom. The van der Waals surface area contributed by atoms with Crippen molar-refractivity contribution in [3.8, 4) is 0 Å². The molecular weight excluding hydrogens is 188 g/mol. The Morgan fingerprint density at radius 1 is 1.47 bits per heavy atom. The third kappa shape index (κ3) is 4.65. The molecule has 0 heterocycles. The average molecular weight is 212 g/mol. The van der Waals surface area contributed by atoms with Gasteiger partial charge >= 0.3 is 0 Å². The fourth-order valence-corrected chi connectivity index (χ4v) is 2.42. The van der Waals surface area contributed by atoms with Gasteiger partial charge in [0.25, 0.3) is 0 Å². The second kappa shape index (κ2) is 6.11. The molecule has 0 spiro atoms. The summed E-state index contributed by atoms with van der Waals surface area (Å²) in [6.45, 7) is 5.34. The Morgan fingerprint density at radius 2 is 2.20 bits per heavy atom. The highest BCUT2D eigenvalue weighted by Gasteiger charge is 2.23. The number of hydrogen-bond donors (Lipinski definition) is 2. The molecule has 0 radical (unpaired) electrons. The van der Waals surface area contributed by atoms with Crippen LogP contribution in [0.1, 0.15) is 46.0 Å². The van der Waals surface area contributed by atoms with E-state index in [4.69, 9.17) is 5.73 Å². The van der Waals surface area contributed by atoms with Crippen LogP contribution in [0.4, 0.5) is 0 Å². The smallest absolute Gasteiger partial charge is 0.218 e. The molecule has 0 aromatic rings. The molecule has 1 rings (SSSR count). The number of hydrogen-bond acceptors (Lipinski definition) is 2. The first-order valence-electron chi connectivity index (χ1n) is 6.11. The van der Waals surface area contributed by atoms with Crippen molar-refractivity contribution in [3.05, 3.63) is 0 Å². The number of primary amides is 1. The highest BCUT2D eigenvalue weighted by atomic mass is 16.1. The minimum atomic E-state index is -0.210. The normalized spacial score (nSPS) is 26.9. The van der Waals surface area contributed by atoms with Crippen LogP contribution in [-0.2, 0) is 4.79 Å². The van der Waals surface area contributed by atoms with Gasteiger partial charge in [-0.3, -0.25) is 4.79 Å². The highest BCUT2D eigenvalue weighted by molar-refractivity contribution is 5.73. The number of amides is 1.